The van der Waals surface area contributed by atoms with Crippen molar-refractivity contribution in [3.63, 3.8) is 0 Å². The summed E-state index contributed by atoms with van der Waals surface area (Å²) in [6.07, 6.45) is 7.63. The molecule has 4 nitrogen and oxygen atoms in total. The highest BCUT2D eigenvalue weighted by Gasteiger charge is 2.17. The smallest absolute Gasteiger partial charge is 0.137 e. The van der Waals surface area contributed by atoms with Crippen molar-refractivity contribution in [1.82, 2.24) is 15.3 Å². The number of nitrogens with one attached hydrogen (secondary N) is 2. The van der Waals surface area contributed by atoms with E-state index in [4.69, 9.17) is 9.97 Å². The fraction of sp³-hybridized carbons (Fsp3) is 0.467. The van der Waals surface area contributed by atoms with Crippen molar-refractivity contribution in [3.05, 3.63) is 75.7 Å². The molecule has 180 valence electrons. The fourth-order valence-electron chi connectivity index (χ4n) is 5.52. The Hall–Kier alpha value is -2.72. The molecule has 2 aromatic carbocycles. The molecule has 0 spiro atoms. The molecule has 1 aliphatic rings. The molecule has 2 N–H and O–H groups in total. The Morgan fingerprint density at radius 1 is 0.853 bits per heavy atom. The summed E-state index contributed by atoms with van der Waals surface area (Å²) in [4.78, 5) is 9.58. The molecule has 0 aliphatic heterocycles. The molecule has 0 atom stereocenters. The summed E-state index contributed by atoms with van der Waals surface area (Å²) in [5, 5.41) is 7.38. The summed E-state index contributed by atoms with van der Waals surface area (Å²) in [5.41, 5.74) is 10.1. The van der Waals surface area contributed by atoms with E-state index in [1.54, 1.807) is 0 Å². The van der Waals surface area contributed by atoms with Gasteiger partial charge in [-0.1, -0.05) is 61.2 Å². The monoisotopic (exact) mass is 456 g/mol. The Labute approximate surface area is 205 Å². The van der Waals surface area contributed by atoms with Crippen LogP contribution in [0.5, 0.6) is 0 Å². The Bertz CT molecular complexity index is 1110. The SMILES string of the molecule is Cc1cc(C)c(Cc2ccccc2-c2c(C)nc(C)nc2NCCNC2CCCCC2)c(C)c1. The standard InChI is InChI=1S/C30H40N4/c1-20-17-21(2)28(22(3)18-20)19-25-11-9-10-14-27(25)29-23(4)33-24(5)34-30(29)32-16-15-31-26-12-7-6-8-13-26/h9-11,14,17-18,26,31H,6-8,12-13,15-16,19H2,1-5H3,(H,32,33,34). The third-order valence-electron chi connectivity index (χ3n) is 7.15. The molecule has 1 aliphatic carbocycles. The maximum Gasteiger partial charge on any atom is 0.137 e. The third kappa shape index (κ3) is 5.85. The molecule has 0 radical (unpaired) electrons. The van der Waals surface area contributed by atoms with Crippen molar-refractivity contribution < 1.29 is 0 Å². The number of hydrogen-bond donors (Lipinski definition) is 2. The molecule has 0 unspecified atom stereocenters. The van der Waals surface area contributed by atoms with Gasteiger partial charge in [-0.2, -0.15) is 0 Å². The number of anilines is 1. The molecule has 34 heavy (non-hydrogen) atoms. The first-order chi connectivity index (χ1) is 16.4. The molecule has 0 bridgehead atoms. The van der Waals surface area contributed by atoms with E-state index in [9.17, 15) is 0 Å². The van der Waals surface area contributed by atoms with Gasteiger partial charge >= 0.3 is 0 Å². The van der Waals surface area contributed by atoms with E-state index >= 15 is 0 Å². The molecule has 1 saturated carbocycles. The summed E-state index contributed by atoms with van der Waals surface area (Å²) in [6, 6.07) is 14.0. The van der Waals surface area contributed by atoms with E-state index in [-0.39, 0.29) is 0 Å². The highest BCUT2D eigenvalue weighted by Crippen LogP contribution is 2.34. The van der Waals surface area contributed by atoms with E-state index in [0.29, 0.717) is 6.04 Å². The van der Waals surface area contributed by atoms with Gasteiger partial charge in [0.15, 0.2) is 0 Å². The van der Waals surface area contributed by atoms with Gasteiger partial charge in [0.05, 0.1) is 5.69 Å². The maximum absolute atomic E-state index is 4.84. The average molecular weight is 457 g/mol. The van der Waals surface area contributed by atoms with Crippen LogP contribution in [0.1, 0.15) is 71.4 Å². The first-order valence-electron chi connectivity index (χ1n) is 12.9. The Balaban J connectivity index is 1.59. The van der Waals surface area contributed by atoms with Gasteiger partial charge in [-0.15, -0.1) is 0 Å². The first kappa shape index (κ1) is 24.4. The molecule has 1 fully saturated rings. The van der Waals surface area contributed by atoms with Crippen LogP contribution in [0.25, 0.3) is 11.1 Å². The van der Waals surface area contributed by atoms with Crippen LogP contribution in [-0.2, 0) is 6.42 Å². The maximum atomic E-state index is 4.84. The van der Waals surface area contributed by atoms with E-state index < -0.39 is 0 Å². The Kier molecular flexibility index (Phi) is 7.99. The lowest BCUT2D eigenvalue weighted by molar-refractivity contribution is 0.378. The van der Waals surface area contributed by atoms with Crippen LogP contribution in [0.15, 0.2) is 36.4 Å². The van der Waals surface area contributed by atoms with Crippen LogP contribution in [0.2, 0.25) is 0 Å². The van der Waals surface area contributed by atoms with E-state index in [1.807, 2.05) is 6.92 Å². The largest absolute Gasteiger partial charge is 0.368 e. The van der Waals surface area contributed by atoms with Gasteiger partial charge in [0.2, 0.25) is 0 Å². The van der Waals surface area contributed by atoms with Crippen molar-refractivity contribution in [2.45, 2.75) is 79.2 Å². The molecule has 4 heteroatoms. The number of benzene rings is 2. The van der Waals surface area contributed by atoms with Gasteiger partial charge in [-0.05, 0) is 81.7 Å². The number of aromatic nitrogens is 2. The minimum absolute atomic E-state index is 0.672. The minimum atomic E-state index is 0.672. The van der Waals surface area contributed by atoms with Crippen LogP contribution in [0, 0.1) is 34.6 Å². The highest BCUT2D eigenvalue weighted by atomic mass is 15.1. The van der Waals surface area contributed by atoms with Gasteiger partial charge in [-0.25, -0.2) is 9.97 Å². The molecule has 1 aromatic heterocycles. The third-order valence-corrected chi connectivity index (χ3v) is 7.15. The lowest BCUT2D eigenvalue weighted by Crippen LogP contribution is -2.34. The van der Waals surface area contributed by atoms with Crippen LogP contribution < -0.4 is 10.6 Å². The van der Waals surface area contributed by atoms with Gasteiger partial charge in [0, 0.05) is 24.7 Å². The van der Waals surface area contributed by atoms with Crippen LogP contribution in [0.4, 0.5) is 5.82 Å². The van der Waals surface area contributed by atoms with Crippen molar-refractivity contribution in [2.24, 2.45) is 0 Å². The van der Waals surface area contributed by atoms with E-state index in [1.165, 1.54) is 65.5 Å². The fourth-order valence-corrected chi connectivity index (χ4v) is 5.52. The molecule has 0 saturated heterocycles. The van der Waals surface area contributed by atoms with Crippen LogP contribution >= 0.6 is 0 Å². The predicted molar refractivity (Wildman–Crippen MR) is 144 cm³/mol. The second-order valence-corrected chi connectivity index (χ2v) is 10.0. The van der Waals surface area contributed by atoms with Crippen LogP contribution in [-0.4, -0.2) is 29.1 Å². The summed E-state index contributed by atoms with van der Waals surface area (Å²) < 4.78 is 0. The normalized spacial score (nSPS) is 14.4. The quantitative estimate of drug-likeness (QED) is 0.374. The predicted octanol–water partition coefficient (Wildman–Crippen LogP) is 6.61. The zero-order chi connectivity index (χ0) is 24.1. The second kappa shape index (κ2) is 11.1. The summed E-state index contributed by atoms with van der Waals surface area (Å²) in [6.45, 7) is 12.5. The Morgan fingerprint density at radius 3 is 2.29 bits per heavy atom. The van der Waals surface area contributed by atoms with Gasteiger partial charge in [0.25, 0.3) is 0 Å². The molecule has 3 aromatic rings. The summed E-state index contributed by atoms with van der Waals surface area (Å²) >= 11 is 0. The molecule has 0 amide bonds. The van der Waals surface area contributed by atoms with Gasteiger partial charge < -0.3 is 10.6 Å². The zero-order valence-electron chi connectivity index (χ0n) is 21.6. The lowest BCUT2D eigenvalue weighted by Gasteiger charge is -2.23. The van der Waals surface area contributed by atoms with Crippen molar-refractivity contribution in [2.75, 3.05) is 18.4 Å². The Morgan fingerprint density at radius 2 is 1.56 bits per heavy atom. The van der Waals surface area contributed by atoms with Gasteiger partial charge in [0.1, 0.15) is 11.6 Å². The second-order valence-electron chi connectivity index (χ2n) is 10.0. The lowest BCUT2D eigenvalue weighted by atomic mass is 9.90. The molecular formula is C30H40N4. The van der Waals surface area contributed by atoms with Crippen LogP contribution in [0.3, 0.4) is 0 Å². The van der Waals surface area contributed by atoms with Gasteiger partial charge in [-0.3, -0.25) is 0 Å². The van der Waals surface area contributed by atoms with E-state index in [0.717, 1.165) is 42.4 Å². The highest BCUT2D eigenvalue weighted by molar-refractivity contribution is 5.80. The number of aryl methyl sites for hydroxylation is 5. The van der Waals surface area contributed by atoms with Crippen molar-refractivity contribution in [3.8, 4) is 11.1 Å². The minimum Gasteiger partial charge on any atom is -0.368 e. The molecular weight excluding hydrogens is 416 g/mol. The number of hydrogen-bond acceptors (Lipinski definition) is 4. The van der Waals surface area contributed by atoms with Crippen molar-refractivity contribution in [1.29, 1.82) is 0 Å². The number of nitrogens with zero attached hydrogens (tertiary/aromatic N) is 2. The topological polar surface area (TPSA) is 49.8 Å². The van der Waals surface area contributed by atoms with Crippen molar-refractivity contribution >= 4 is 5.82 Å². The zero-order valence-corrected chi connectivity index (χ0v) is 21.6. The average Bonchev–Trinajstić information content (AvgIpc) is 2.80. The molecule has 1 heterocycles. The summed E-state index contributed by atoms with van der Waals surface area (Å²) in [5.74, 6) is 1.76. The first-order valence-corrected chi connectivity index (χ1v) is 12.9. The molecule has 4 rings (SSSR count). The summed E-state index contributed by atoms with van der Waals surface area (Å²) in [7, 11) is 0. The number of rotatable bonds is 8. The van der Waals surface area contributed by atoms with E-state index in [2.05, 4.69) is 74.7 Å².